The minimum atomic E-state index is -0.463. The van der Waals surface area contributed by atoms with Crippen LogP contribution in [0.3, 0.4) is 0 Å². The van der Waals surface area contributed by atoms with Gasteiger partial charge in [0.05, 0.1) is 0 Å². The summed E-state index contributed by atoms with van der Waals surface area (Å²) in [6.07, 6.45) is -0.463. The lowest BCUT2D eigenvalue weighted by atomic mass is 9.95. The van der Waals surface area contributed by atoms with Gasteiger partial charge in [0.2, 0.25) is 0 Å². The van der Waals surface area contributed by atoms with Gasteiger partial charge in [0.1, 0.15) is 6.10 Å². The zero-order chi connectivity index (χ0) is 12.6. The summed E-state index contributed by atoms with van der Waals surface area (Å²) >= 11 is 3.37. The van der Waals surface area contributed by atoms with Crippen molar-refractivity contribution in [1.82, 2.24) is 0 Å². The van der Waals surface area contributed by atoms with Crippen LogP contribution in [0.15, 0.2) is 24.3 Å². The first-order valence-electron chi connectivity index (χ1n) is 5.72. The average molecular weight is 266 g/mol. The van der Waals surface area contributed by atoms with E-state index in [2.05, 4.69) is 39.8 Å². The Morgan fingerprint density at radius 1 is 1.00 bits per heavy atom. The molecular formula is C14H18OS2. The van der Waals surface area contributed by atoms with E-state index in [0.29, 0.717) is 0 Å². The lowest BCUT2D eigenvalue weighted by Gasteiger charge is -2.15. The first-order chi connectivity index (χ1) is 7.88. The largest absolute Gasteiger partial charge is 0.382 e. The molecule has 0 aromatic carbocycles. The fourth-order valence-electron chi connectivity index (χ4n) is 1.64. The number of aryl methyl sites for hydroxylation is 1. The van der Waals surface area contributed by atoms with Crippen LogP contribution >= 0.6 is 22.7 Å². The van der Waals surface area contributed by atoms with E-state index in [1.807, 2.05) is 12.1 Å². The van der Waals surface area contributed by atoms with Crippen molar-refractivity contribution in [2.24, 2.45) is 0 Å². The van der Waals surface area contributed by atoms with Gasteiger partial charge in [0.25, 0.3) is 0 Å². The number of hydrogen-bond acceptors (Lipinski definition) is 3. The van der Waals surface area contributed by atoms with Crippen LogP contribution in [-0.2, 0) is 5.41 Å². The first kappa shape index (κ1) is 12.8. The van der Waals surface area contributed by atoms with Gasteiger partial charge in [-0.3, -0.25) is 0 Å². The van der Waals surface area contributed by atoms with E-state index in [0.717, 1.165) is 9.75 Å². The van der Waals surface area contributed by atoms with E-state index in [4.69, 9.17) is 0 Å². The minimum Gasteiger partial charge on any atom is -0.382 e. The maximum Gasteiger partial charge on any atom is 0.122 e. The highest BCUT2D eigenvalue weighted by atomic mass is 32.1. The standard InChI is InChI=1S/C14H18OS2/c1-9-5-6-10(16-9)13(15)11-7-8-12(17-11)14(2,3)4/h5-8,13,15H,1-4H3. The molecule has 0 spiro atoms. The maximum atomic E-state index is 10.3. The lowest BCUT2D eigenvalue weighted by Crippen LogP contribution is -2.07. The van der Waals surface area contributed by atoms with Crippen LogP contribution < -0.4 is 0 Å². The Hall–Kier alpha value is -0.640. The fraction of sp³-hybridized carbons (Fsp3) is 0.429. The minimum absolute atomic E-state index is 0.161. The van der Waals surface area contributed by atoms with E-state index in [9.17, 15) is 5.11 Å². The Morgan fingerprint density at radius 2 is 1.59 bits per heavy atom. The van der Waals surface area contributed by atoms with Crippen molar-refractivity contribution in [2.45, 2.75) is 39.2 Å². The highest BCUT2D eigenvalue weighted by Gasteiger charge is 2.20. The van der Waals surface area contributed by atoms with E-state index in [1.165, 1.54) is 9.75 Å². The third-order valence-electron chi connectivity index (χ3n) is 2.67. The SMILES string of the molecule is Cc1ccc(C(O)c2ccc(C(C)(C)C)s2)s1. The van der Waals surface area contributed by atoms with Crippen LogP contribution in [0.25, 0.3) is 0 Å². The Kier molecular flexibility index (Phi) is 3.43. The molecule has 1 nitrogen and oxygen atoms in total. The molecule has 92 valence electrons. The second-order valence-electron chi connectivity index (χ2n) is 5.30. The molecule has 0 radical (unpaired) electrons. The van der Waals surface area contributed by atoms with Crippen LogP contribution in [0.1, 0.15) is 46.4 Å². The van der Waals surface area contributed by atoms with E-state index < -0.39 is 6.10 Å². The van der Waals surface area contributed by atoms with Crippen molar-refractivity contribution in [3.05, 3.63) is 43.8 Å². The van der Waals surface area contributed by atoms with Gasteiger partial charge < -0.3 is 5.11 Å². The molecule has 2 aromatic rings. The number of aliphatic hydroxyl groups excluding tert-OH is 1. The average Bonchev–Trinajstić information content (AvgIpc) is 2.83. The summed E-state index contributed by atoms with van der Waals surface area (Å²) in [6, 6.07) is 8.25. The van der Waals surface area contributed by atoms with Crippen LogP contribution in [0, 0.1) is 6.92 Å². The van der Waals surface area contributed by atoms with Crippen molar-refractivity contribution in [1.29, 1.82) is 0 Å². The van der Waals surface area contributed by atoms with Crippen molar-refractivity contribution >= 4 is 22.7 Å². The van der Waals surface area contributed by atoms with E-state index >= 15 is 0 Å². The summed E-state index contributed by atoms with van der Waals surface area (Å²) in [5.74, 6) is 0. The predicted octanol–water partition coefficient (Wildman–Crippen LogP) is 4.50. The summed E-state index contributed by atoms with van der Waals surface area (Å²) in [5.41, 5.74) is 0.161. The molecule has 2 rings (SSSR count). The number of rotatable bonds is 2. The Balaban J connectivity index is 2.26. The number of hydrogen-bond donors (Lipinski definition) is 1. The Bertz CT molecular complexity index is 502. The highest BCUT2D eigenvalue weighted by Crippen LogP contribution is 2.36. The molecule has 0 aliphatic carbocycles. The van der Waals surface area contributed by atoms with Gasteiger partial charge in [-0.15, -0.1) is 22.7 Å². The van der Waals surface area contributed by atoms with Gasteiger partial charge in [0.15, 0.2) is 0 Å². The molecule has 2 heterocycles. The monoisotopic (exact) mass is 266 g/mol. The molecule has 0 saturated carbocycles. The summed E-state index contributed by atoms with van der Waals surface area (Å²) in [6.45, 7) is 8.66. The summed E-state index contributed by atoms with van der Waals surface area (Å²) in [4.78, 5) is 4.63. The fourth-order valence-corrected chi connectivity index (χ4v) is 3.67. The van der Waals surface area contributed by atoms with Gasteiger partial charge in [-0.25, -0.2) is 0 Å². The molecule has 0 bridgehead atoms. The van der Waals surface area contributed by atoms with Gasteiger partial charge in [-0.1, -0.05) is 20.8 Å². The van der Waals surface area contributed by atoms with Crippen LogP contribution in [0.4, 0.5) is 0 Å². The Morgan fingerprint density at radius 3 is 2.06 bits per heavy atom. The second-order valence-corrected chi connectivity index (χ2v) is 7.74. The van der Waals surface area contributed by atoms with Gasteiger partial charge in [0, 0.05) is 19.5 Å². The zero-order valence-corrected chi connectivity index (χ0v) is 12.3. The topological polar surface area (TPSA) is 20.2 Å². The zero-order valence-electron chi connectivity index (χ0n) is 10.7. The van der Waals surface area contributed by atoms with E-state index in [1.54, 1.807) is 22.7 Å². The van der Waals surface area contributed by atoms with Crippen molar-refractivity contribution in [3.63, 3.8) is 0 Å². The van der Waals surface area contributed by atoms with Gasteiger partial charge in [-0.2, -0.15) is 0 Å². The normalized spacial score (nSPS) is 13.9. The van der Waals surface area contributed by atoms with Crippen molar-refractivity contribution in [2.75, 3.05) is 0 Å². The smallest absolute Gasteiger partial charge is 0.122 e. The molecule has 0 aliphatic heterocycles. The van der Waals surface area contributed by atoms with Gasteiger partial charge in [-0.05, 0) is 36.6 Å². The van der Waals surface area contributed by atoms with Gasteiger partial charge >= 0.3 is 0 Å². The second kappa shape index (κ2) is 4.56. The maximum absolute atomic E-state index is 10.3. The molecule has 2 aromatic heterocycles. The highest BCUT2D eigenvalue weighted by molar-refractivity contribution is 7.13. The number of aliphatic hydroxyl groups is 1. The quantitative estimate of drug-likeness (QED) is 0.848. The third kappa shape index (κ3) is 2.79. The molecule has 1 unspecified atom stereocenters. The molecule has 17 heavy (non-hydrogen) atoms. The first-order valence-corrected chi connectivity index (χ1v) is 7.36. The third-order valence-corrected chi connectivity index (χ3v) is 5.28. The van der Waals surface area contributed by atoms with Crippen molar-refractivity contribution < 1.29 is 5.11 Å². The molecule has 0 saturated heterocycles. The molecule has 0 fully saturated rings. The van der Waals surface area contributed by atoms with Crippen LogP contribution in [0.5, 0.6) is 0 Å². The van der Waals surface area contributed by atoms with Crippen molar-refractivity contribution in [3.8, 4) is 0 Å². The molecular weight excluding hydrogens is 248 g/mol. The van der Waals surface area contributed by atoms with Crippen LogP contribution in [0.2, 0.25) is 0 Å². The predicted molar refractivity (Wildman–Crippen MR) is 76.1 cm³/mol. The molecule has 0 aliphatic rings. The lowest BCUT2D eigenvalue weighted by molar-refractivity contribution is 0.228. The Labute approximate surface area is 111 Å². The molecule has 1 atom stereocenters. The number of thiophene rings is 2. The molecule has 0 amide bonds. The van der Waals surface area contributed by atoms with E-state index in [-0.39, 0.29) is 5.41 Å². The summed E-state index contributed by atoms with van der Waals surface area (Å²) in [5, 5.41) is 10.3. The molecule has 1 N–H and O–H groups in total. The summed E-state index contributed by atoms with van der Waals surface area (Å²) < 4.78 is 0. The van der Waals surface area contributed by atoms with Crippen LogP contribution in [-0.4, -0.2) is 5.11 Å². The molecule has 3 heteroatoms. The summed E-state index contributed by atoms with van der Waals surface area (Å²) in [7, 11) is 0.